The third-order valence-corrected chi connectivity index (χ3v) is 6.02. The third kappa shape index (κ3) is 4.97. The molecule has 30 heavy (non-hydrogen) atoms. The molecule has 0 aromatic heterocycles. The molecule has 2 aromatic carbocycles. The van der Waals surface area contributed by atoms with Gasteiger partial charge < -0.3 is 19.9 Å². The Morgan fingerprint density at radius 2 is 2.00 bits per heavy atom. The average Bonchev–Trinajstić information content (AvgIpc) is 2.77. The van der Waals surface area contributed by atoms with Gasteiger partial charge in [-0.25, -0.2) is 0 Å². The van der Waals surface area contributed by atoms with Crippen LogP contribution in [0.5, 0.6) is 5.75 Å². The second kappa shape index (κ2) is 9.82. The molecule has 162 valence electrons. The van der Waals surface area contributed by atoms with Crippen LogP contribution in [0.4, 0.5) is 5.69 Å². The van der Waals surface area contributed by atoms with Gasteiger partial charge in [-0.2, -0.15) is 0 Å². The molecule has 2 aromatic rings. The first kappa shape index (κ1) is 21.2. The van der Waals surface area contributed by atoms with Crippen LogP contribution in [0.3, 0.4) is 0 Å². The van der Waals surface area contributed by atoms with Crippen LogP contribution < -0.4 is 15.4 Å². The predicted octanol–water partition coefficient (Wildman–Crippen LogP) is 4.18. The fourth-order valence-corrected chi connectivity index (χ4v) is 4.42. The normalized spacial score (nSPS) is 23.4. The summed E-state index contributed by atoms with van der Waals surface area (Å²) in [6.07, 6.45) is 3.73. The van der Waals surface area contributed by atoms with Gasteiger partial charge in [-0.3, -0.25) is 5.32 Å². The standard InChI is InChI=1S/C25H34N2O3/c1-3-9-27-25-16-21(28)15-24(30-25)19-7-6-18(4-2)20(14-19)12-17-5-8-23-22(13-17)26-10-11-29-23/h5-8,13-14,21,24-28H,3-4,9-12,15-16H2,1-2H3. The summed E-state index contributed by atoms with van der Waals surface area (Å²) in [5.74, 6) is 0.935. The lowest BCUT2D eigenvalue weighted by Crippen LogP contribution is -2.41. The van der Waals surface area contributed by atoms with E-state index >= 15 is 0 Å². The first-order valence-corrected chi connectivity index (χ1v) is 11.3. The molecular weight excluding hydrogens is 376 g/mol. The molecule has 0 bridgehead atoms. The molecule has 4 rings (SSSR count). The minimum atomic E-state index is -0.334. The number of anilines is 1. The minimum Gasteiger partial charge on any atom is -0.490 e. The van der Waals surface area contributed by atoms with E-state index in [0.717, 1.165) is 56.0 Å². The van der Waals surface area contributed by atoms with Crippen molar-refractivity contribution in [2.75, 3.05) is 25.0 Å². The van der Waals surface area contributed by atoms with E-state index in [4.69, 9.17) is 9.47 Å². The Labute approximate surface area is 179 Å². The maximum atomic E-state index is 10.4. The molecule has 0 aliphatic carbocycles. The van der Waals surface area contributed by atoms with Crippen LogP contribution in [-0.4, -0.2) is 37.1 Å². The second-order valence-electron chi connectivity index (χ2n) is 8.36. The maximum Gasteiger partial charge on any atom is 0.142 e. The number of fused-ring (bicyclic) bond motifs is 1. The zero-order valence-electron chi connectivity index (χ0n) is 18.1. The molecule has 2 aliphatic rings. The molecular formula is C25H34N2O3. The van der Waals surface area contributed by atoms with Crippen molar-refractivity contribution in [3.05, 3.63) is 58.7 Å². The van der Waals surface area contributed by atoms with Gasteiger partial charge in [-0.05, 0) is 60.2 Å². The van der Waals surface area contributed by atoms with Gasteiger partial charge in [-0.15, -0.1) is 0 Å². The van der Waals surface area contributed by atoms with Crippen molar-refractivity contribution in [1.29, 1.82) is 0 Å². The van der Waals surface area contributed by atoms with Crippen LogP contribution in [0.2, 0.25) is 0 Å². The van der Waals surface area contributed by atoms with E-state index in [1.165, 1.54) is 16.7 Å². The van der Waals surface area contributed by atoms with Crippen molar-refractivity contribution in [2.45, 2.75) is 64.4 Å². The van der Waals surface area contributed by atoms with Crippen molar-refractivity contribution in [3.8, 4) is 5.75 Å². The highest BCUT2D eigenvalue weighted by atomic mass is 16.5. The quantitative estimate of drug-likeness (QED) is 0.639. The van der Waals surface area contributed by atoms with E-state index in [1.807, 2.05) is 0 Å². The summed E-state index contributed by atoms with van der Waals surface area (Å²) in [7, 11) is 0. The van der Waals surface area contributed by atoms with Gasteiger partial charge in [0.1, 0.15) is 18.6 Å². The molecule has 0 amide bonds. The first-order chi connectivity index (χ1) is 14.7. The van der Waals surface area contributed by atoms with Crippen LogP contribution >= 0.6 is 0 Å². The predicted molar refractivity (Wildman–Crippen MR) is 120 cm³/mol. The van der Waals surface area contributed by atoms with Crippen molar-refractivity contribution in [3.63, 3.8) is 0 Å². The van der Waals surface area contributed by atoms with Gasteiger partial charge in [0, 0.05) is 19.4 Å². The monoisotopic (exact) mass is 410 g/mol. The lowest BCUT2D eigenvalue weighted by Gasteiger charge is -2.34. The SMILES string of the molecule is CCCNC1CC(O)CC(c2ccc(CC)c(Cc3ccc4c(c3)NCCO4)c2)O1. The molecule has 0 radical (unpaired) electrons. The minimum absolute atomic E-state index is 0.0774. The number of ether oxygens (including phenoxy) is 2. The van der Waals surface area contributed by atoms with E-state index in [0.29, 0.717) is 12.8 Å². The Kier molecular flexibility index (Phi) is 6.93. The smallest absolute Gasteiger partial charge is 0.142 e. The van der Waals surface area contributed by atoms with E-state index in [1.54, 1.807) is 0 Å². The average molecular weight is 411 g/mol. The van der Waals surface area contributed by atoms with Crippen LogP contribution in [-0.2, 0) is 17.6 Å². The van der Waals surface area contributed by atoms with Crippen molar-refractivity contribution in [2.24, 2.45) is 0 Å². The highest BCUT2D eigenvalue weighted by Crippen LogP contribution is 2.33. The molecule has 3 unspecified atom stereocenters. The van der Waals surface area contributed by atoms with Crippen LogP contribution in [0.25, 0.3) is 0 Å². The molecule has 5 heteroatoms. The fraction of sp³-hybridized carbons (Fsp3) is 0.520. The number of aliphatic hydroxyl groups is 1. The number of aryl methyl sites for hydroxylation is 1. The second-order valence-corrected chi connectivity index (χ2v) is 8.36. The summed E-state index contributed by atoms with van der Waals surface area (Å²) in [6, 6.07) is 13.1. The van der Waals surface area contributed by atoms with Crippen molar-refractivity contribution >= 4 is 5.69 Å². The maximum absolute atomic E-state index is 10.4. The Balaban J connectivity index is 1.54. The molecule has 3 N–H and O–H groups in total. The van der Waals surface area contributed by atoms with Crippen molar-refractivity contribution in [1.82, 2.24) is 5.32 Å². The summed E-state index contributed by atoms with van der Waals surface area (Å²) in [4.78, 5) is 0. The Morgan fingerprint density at radius 1 is 1.10 bits per heavy atom. The fourth-order valence-electron chi connectivity index (χ4n) is 4.42. The van der Waals surface area contributed by atoms with Gasteiger partial charge >= 0.3 is 0 Å². The van der Waals surface area contributed by atoms with Gasteiger partial charge in [-0.1, -0.05) is 38.1 Å². The van der Waals surface area contributed by atoms with E-state index in [2.05, 4.69) is 60.9 Å². The van der Waals surface area contributed by atoms with Gasteiger partial charge in [0.05, 0.1) is 17.9 Å². The van der Waals surface area contributed by atoms with Gasteiger partial charge in [0.15, 0.2) is 0 Å². The number of rotatable bonds is 7. The Bertz CT molecular complexity index is 854. The number of hydrogen-bond donors (Lipinski definition) is 3. The lowest BCUT2D eigenvalue weighted by atomic mass is 9.91. The molecule has 0 saturated carbocycles. The summed E-state index contributed by atoms with van der Waals surface area (Å²) in [5, 5.41) is 17.2. The van der Waals surface area contributed by atoms with E-state index < -0.39 is 0 Å². The summed E-state index contributed by atoms with van der Waals surface area (Å²) in [6.45, 7) is 6.81. The van der Waals surface area contributed by atoms with Crippen LogP contribution in [0.15, 0.2) is 36.4 Å². The molecule has 0 spiro atoms. The summed E-state index contributed by atoms with van der Waals surface area (Å²) in [5.41, 5.74) is 6.19. The van der Waals surface area contributed by atoms with Crippen molar-refractivity contribution < 1.29 is 14.6 Å². The Hall–Kier alpha value is -2.08. The molecule has 3 atom stereocenters. The summed E-state index contributed by atoms with van der Waals surface area (Å²) < 4.78 is 12.0. The van der Waals surface area contributed by atoms with E-state index in [-0.39, 0.29) is 18.4 Å². The summed E-state index contributed by atoms with van der Waals surface area (Å²) >= 11 is 0. The molecule has 1 fully saturated rings. The molecule has 1 saturated heterocycles. The van der Waals surface area contributed by atoms with Crippen LogP contribution in [0.1, 0.15) is 61.5 Å². The number of hydrogen-bond acceptors (Lipinski definition) is 5. The largest absolute Gasteiger partial charge is 0.490 e. The van der Waals surface area contributed by atoms with Crippen LogP contribution in [0, 0.1) is 0 Å². The number of nitrogens with one attached hydrogen (secondary N) is 2. The van der Waals surface area contributed by atoms with E-state index in [9.17, 15) is 5.11 Å². The molecule has 5 nitrogen and oxygen atoms in total. The highest BCUT2D eigenvalue weighted by molar-refractivity contribution is 5.59. The topological polar surface area (TPSA) is 62.8 Å². The number of aliphatic hydroxyl groups excluding tert-OH is 1. The zero-order chi connectivity index (χ0) is 20.9. The lowest BCUT2D eigenvalue weighted by molar-refractivity contribution is -0.110. The zero-order valence-corrected chi connectivity index (χ0v) is 18.1. The molecule has 2 aliphatic heterocycles. The van der Waals surface area contributed by atoms with Gasteiger partial charge in [0.25, 0.3) is 0 Å². The highest BCUT2D eigenvalue weighted by Gasteiger charge is 2.29. The molecule has 2 heterocycles. The third-order valence-electron chi connectivity index (χ3n) is 6.02. The first-order valence-electron chi connectivity index (χ1n) is 11.3. The number of benzene rings is 2. The van der Waals surface area contributed by atoms with Gasteiger partial charge in [0.2, 0.25) is 0 Å². The Morgan fingerprint density at radius 3 is 2.83 bits per heavy atom.